The molecule has 0 aliphatic carbocycles. The fourth-order valence-electron chi connectivity index (χ4n) is 3.83. The number of nitrogens with one attached hydrogen (secondary N) is 3. The molecule has 1 atom stereocenters. The molecule has 0 unspecified atom stereocenters. The van der Waals surface area contributed by atoms with Crippen molar-refractivity contribution in [3.05, 3.63) is 72.4 Å². The van der Waals surface area contributed by atoms with Crippen molar-refractivity contribution in [1.29, 1.82) is 0 Å². The Morgan fingerprint density at radius 2 is 1.93 bits per heavy atom. The predicted molar refractivity (Wildman–Crippen MR) is 106 cm³/mol. The molecule has 9 heteroatoms. The summed E-state index contributed by atoms with van der Waals surface area (Å²) >= 11 is 0. The number of benzene rings is 2. The van der Waals surface area contributed by atoms with Crippen molar-refractivity contribution < 1.29 is 19.1 Å². The maximum Gasteiger partial charge on any atom is 0.322 e. The maximum atomic E-state index is 13.6. The lowest BCUT2D eigenvalue weighted by molar-refractivity contribution is -0.124. The molecule has 5 rings (SSSR count). The Morgan fingerprint density at radius 1 is 1.13 bits per heavy atom. The number of carbonyl (C=O) groups excluding carboxylic acids is 2. The molecule has 1 aliphatic heterocycles. The zero-order valence-corrected chi connectivity index (χ0v) is 15.5. The van der Waals surface area contributed by atoms with E-state index in [4.69, 9.17) is 0 Å². The van der Waals surface area contributed by atoms with E-state index >= 15 is 0 Å². The lowest BCUT2D eigenvalue weighted by Crippen LogP contribution is -2.47. The van der Waals surface area contributed by atoms with Gasteiger partial charge in [0.2, 0.25) is 0 Å². The van der Waals surface area contributed by atoms with Gasteiger partial charge in [-0.25, -0.2) is 14.2 Å². The van der Waals surface area contributed by atoms with E-state index in [2.05, 4.69) is 20.6 Å². The highest BCUT2D eigenvalue weighted by Crippen LogP contribution is 2.34. The monoisotopic (exact) mass is 405 g/mol. The van der Waals surface area contributed by atoms with Crippen molar-refractivity contribution in [1.82, 2.24) is 25.2 Å². The second-order valence-corrected chi connectivity index (χ2v) is 7.14. The highest BCUT2D eigenvalue weighted by atomic mass is 19.1. The number of amides is 3. The van der Waals surface area contributed by atoms with Crippen LogP contribution in [0.1, 0.15) is 5.56 Å². The van der Waals surface area contributed by atoms with Crippen molar-refractivity contribution in [2.45, 2.75) is 12.1 Å². The summed E-state index contributed by atoms with van der Waals surface area (Å²) in [5.41, 5.74) is -0.0951. The number of carbonyl (C=O) groups is 2. The molecule has 3 amide bonds. The quantitative estimate of drug-likeness (QED) is 0.391. The van der Waals surface area contributed by atoms with Crippen LogP contribution in [0.4, 0.5) is 9.18 Å². The number of H-pyrrole nitrogens is 1. The lowest BCUT2D eigenvalue weighted by atomic mass is 9.89. The summed E-state index contributed by atoms with van der Waals surface area (Å²) in [6.07, 6.45) is 4.95. The van der Waals surface area contributed by atoms with Gasteiger partial charge in [-0.05, 0) is 23.8 Å². The number of urea groups is 1. The molecule has 2 aromatic heterocycles. The van der Waals surface area contributed by atoms with E-state index in [9.17, 15) is 19.1 Å². The molecule has 150 valence electrons. The van der Waals surface area contributed by atoms with Crippen LogP contribution >= 0.6 is 0 Å². The topological polar surface area (TPSA) is 112 Å². The van der Waals surface area contributed by atoms with Gasteiger partial charge in [-0.15, -0.1) is 0 Å². The number of nitrogens with zero attached hydrogens (tertiary/aromatic N) is 2. The fraction of sp³-hybridized carbons (Fsp3) is 0.0952. The van der Waals surface area contributed by atoms with E-state index in [1.807, 2.05) is 0 Å². The van der Waals surface area contributed by atoms with Crippen LogP contribution in [-0.4, -0.2) is 31.6 Å². The Morgan fingerprint density at radius 3 is 2.60 bits per heavy atom. The second-order valence-electron chi connectivity index (χ2n) is 7.14. The highest BCUT2D eigenvalue weighted by molar-refractivity contribution is 6.07. The summed E-state index contributed by atoms with van der Waals surface area (Å²) in [7, 11) is 0. The highest BCUT2D eigenvalue weighted by Gasteiger charge is 2.48. The van der Waals surface area contributed by atoms with Crippen molar-refractivity contribution in [2.75, 3.05) is 0 Å². The van der Waals surface area contributed by atoms with E-state index in [1.165, 1.54) is 16.7 Å². The molecule has 30 heavy (non-hydrogen) atoms. The van der Waals surface area contributed by atoms with Gasteiger partial charge in [0.05, 0.1) is 6.54 Å². The Hall–Kier alpha value is -4.14. The number of rotatable bonds is 4. The van der Waals surface area contributed by atoms with Crippen LogP contribution in [0, 0.1) is 5.82 Å². The SMILES string of the molecule is O=C1NC(=O)[C@](Cn2cc3ccc(F)cc3c2O)(c2ccc(-c3ncc[nH]3)cc2)N1. The standard InChI is InChI=1S/C21H16FN5O3/c22-15-6-3-13-10-27(18(28)16(13)9-15)11-21(19(29)25-20(30)26-21)14-4-1-12(2-5-14)17-23-7-8-24-17/h1-10,28H,11H2,(H,23,24)(H2,25,26,29,30)/t21-/m0/s1. The average molecular weight is 405 g/mol. The molecule has 1 fully saturated rings. The third-order valence-corrected chi connectivity index (χ3v) is 5.32. The van der Waals surface area contributed by atoms with Crippen molar-refractivity contribution >= 4 is 22.7 Å². The van der Waals surface area contributed by atoms with E-state index in [1.54, 1.807) is 48.9 Å². The molecule has 0 radical (unpaired) electrons. The number of hydrogen-bond donors (Lipinski definition) is 4. The minimum atomic E-state index is -1.44. The van der Waals surface area contributed by atoms with Gasteiger partial charge >= 0.3 is 6.03 Å². The zero-order valence-electron chi connectivity index (χ0n) is 15.5. The Kier molecular flexibility index (Phi) is 3.85. The van der Waals surface area contributed by atoms with Crippen LogP contribution in [-0.2, 0) is 16.9 Å². The number of aromatic hydroxyl groups is 1. The molecule has 0 spiro atoms. The van der Waals surface area contributed by atoms with Gasteiger partial charge in [0.1, 0.15) is 11.6 Å². The van der Waals surface area contributed by atoms with Gasteiger partial charge in [-0.3, -0.25) is 10.1 Å². The number of halogens is 1. The van der Waals surface area contributed by atoms with Crippen LogP contribution in [0.25, 0.3) is 22.2 Å². The zero-order chi connectivity index (χ0) is 20.9. The Balaban J connectivity index is 1.58. The van der Waals surface area contributed by atoms with Crippen molar-refractivity contribution in [3.8, 4) is 17.3 Å². The molecular formula is C21H16FN5O3. The Bertz CT molecular complexity index is 1280. The molecule has 1 saturated heterocycles. The lowest BCUT2D eigenvalue weighted by Gasteiger charge is -2.27. The Labute approximate surface area is 169 Å². The summed E-state index contributed by atoms with van der Waals surface area (Å²) in [5.74, 6) is -0.538. The molecule has 4 aromatic rings. The number of aromatic amines is 1. The smallest absolute Gasteiger partial charge is 0.322 e. The second kappa shape index (κ2) is 6.45. The summed E-state index contributed by atoms with van der Waals surface area (Å²) in [5, 5.41) is 16.5. The van der Waals surface area contributed by atoms with E-state index < -0.39 is 23.3 Å². The van der Waals surface area contributed by atoms with Crippen LogP contribution < -0.4 is 10.6 Å². The van der Waals surface area contributed by atoms with Crippen LogP contribution in [0.5, 0.6) is 5.88 Å². The van der Waals surface area contributed by atoms with Gasteiger partial charge in [-0.1, -0.05) is 24.3 Å². The number of fused-ring (bicyclic) bond motifs is 1. The molecule has 0 bridgehead atoms. The summed E-state index contributed by atoms with van der Waals surface area (Å²) in [6.45, 7) is -0.0766. The van der Waals surface area contributed by atoms with Crippen LogP contribution in [0.15, 0.2) is 61.1 Å². The molecule has 1 aliphatic rings. The number of hydrogen-bond acceptors (Lipinski definition) is 4. The van der Waals surface area contributed by atoms with Crippen LogP contribution in [0.2, 0.25) is 0 Å². The largest absolute Gasteiger partial charge is 0.494 e. The third-order valence-electron chi connectivity index (χ3n) is 5.32. The predicted octanol–water partition coefficient (Wildman–Crippen LogP) is 2.61. The van der Waals surface area contributed by atoms with E-state index in [0.29, 0.717) is 22.2 Å². The minimum Gasteiger partial charge on any atom is -0.494 e. The number of aromatic nitrogens is 3. The summed E-state index contributed by atoms with van der Waals surface area (Å²) in [4.78, 5) is 32.0. The average Bonchev–Trinajstić information content (AvgIpc) is 3.43. The summed E-state index contributed by atoms with van der Waals surface area (Å²) in [6, 6.07) is 10.4. The normalized spacial score (nSPS) is 18.6. The molecular weight excluding hydrogens is 389 g/mol. The van der Waals surface area contributed by atoms with Crippen LogP contribution in [0.3, 0.4) is 0 Å². The molecule has 3 heterocycles. The van der Waals surface area contributed by atoms with Gasteiger partial charge in [-0.2, -0.15) is 0 Å². The molecule has 4 N–H and O–H groups in total. The summed E-state index contributed by atoms with van der Waals surface area (Å²) < 4.78 is 15.0. The number of imide groups is 1. The first-order valence-corrected chi connectivity index (χ1v) is 9.17. The first-order chi connectivity index (χ1) is 14.5. The third kappa shape index (κ3) is 2.71. The fourth-order valence-corrected chi connectivity index (χ4v) is 3.83. The maximum absolute atomic E-state index is 13.6. The first kappa shape index (κ1) is 17.9. The van der Waals surface area contributed by atoms with Crippen molar-refractivity contribution in [2.24, 2.45) is 0 Å². The molecule has 8 nitrogen and oxygen atoms in total. The van der Waals surface area contributed by atoms with Gasteiger partial charge in [0, 0.05) is 34.9 Å². The van der Waals surface area contributed by atoms with Gasteiger partial charge < -0.3 is 20.0 Å². The number of imidazole rings is 1. The van der Waals surface area contributed by atoms with Crippen molar-refractivity contribution in [3.63, 3.8) is 0 Å². The first-order valence-electron chi connectivity index (χ1n) is 9.17. The van der Waals surface area contributed by atoms with E-state index in [0.717, 1.165) is 5.56 Å². The van der Waals surface area contributed by atoms with Gasteiger partial charge in [0.25, 0.3) is 5.91 Å². The van der Waals surface area contributed by atoms with Gasteiger partial charge in [0.15, 0.2) is 11.4 Å². The molecule has 2 aromatic carbocycles. The van der Waals surface area contributed by atoms with E-state index in [-0.39, 0.29) is 12.4 Å². The minimum absolute atomic E-state index is 0.0766. The molecule has 0 saturated carbocycles.